The highest BCUT2D eigenvalue weighted by molar-refractivity contribution is 7.10. The van der Waals surface area contributed by atoms with Gasteiger partial charge in [-0.25, -0.2) is 0 Å². The molecule has 0 saturated carbocycles. The van der Waals surface area contributed by atoms with Crippen molar-refractivity contribution in [3.05, 3.63) is 63.4 Å². The highest BCUT2D eigenvalue weighted by atomic mass is 32.1. The highest BCUT2D eigenvalue weighted by Gasteiger charge is 2.38. The second kappa shape index (κ2) is 4.49. The Morgan fingerprint density at radius 1 is 1.20 bits per heavy atom. The number of hydrogen-bond acceptors (Lipinski definition) is 2. The maximum absolute atomic E-state index is 3.81. The first-order chi connectivity index (χ1) is 9.74. The molecule has 1 nitrogen and oxygen atoms in total. The number of fused-ring (bicyclic) bond motifs is 3. The molecule has 0 radical (unpaired) electrons. The van der Waals surface area contributed by atoms with Gasteiger partial charge in [0.2, 0.25) is 0 Å². The summed E-state index contributed by atoms with van der Waals surface area (Å²) in [6.45, 7) is 4.42. The van der Waals surface area contributed by atoms with Gasteiger partial charge in [-0.3, -0.25) is 0 Å². The lowest BCUT2D eigenvalue weighted by molar-refractivity contribution is 0.429. The molecule has 20 heavy (non-hydrogen) atoms. The van der Waals surface area contributed by atoms with Crippen LogP contribution >= 0.6 is 11.3 Å². The lowest BCUT2D eigenvalue weighted by Gasteiger charge is -2.37. The summed E-state index contributed by atoms with van der Waals surface area (Å²) in [6, 6.07) is 9.52. The largest absolute Gasteiger partial charge is 0.377 e. The van der Waals surface area contributed by atoms with Gasteiger partial charge in [-0.15, -0.1) is 11.3 Å². The Morgan fingerprint density at radius 3 is 2.90 bits per heavy atom. The molecule has 0 spiro atoms. The SMILES string of the molecule is Cc1ccc2c(c1)C1C=CCC1C(c1sccc1C)N2. The summed E-state index contributed by atoms with van der Waals surface area (Å²) >= 11 is 1.89. The van der Waals surface area contributed by atoms with Crippen LogP contribution in [0.4, 0.5) is 5.69 Å². The molecule has 0 bridgehead atoms. The maximum atomic E-state index is 3.81. The molecule has 1 aliphatic heterocycles. The zero-order valence-corrected chi connectivity index (χ0v) is 12.7. The molecule has 1 aromatic carbocycles. The average Bonchev–Trinajstić information content (AvgIpc) is 3.07. The summed E-state index contributed by atoms with van der Waals surface area (Å²) in [5.41, 5.74) is 5.58. The molecule has 1 N–H and O–H groups in total. The van der Waals surface area contributed by atoms with Crippen LogP contribution in [0.15, 0.2) is 41.8 Å². The minimum atomic E-state index is 0.463. The summed E-state index contributed by atoms with van der Waals surface area (Å²) < 4.78 is 0. The van der Waals surface area contributed by atoms with Crippen molar-refractivity contribution < 1.29 is 0 Å². The molecular weight excluding hydrogens is 262 g/mol. The quantitative estimate of drug-likeness (QED) is 0.709. The van der Waals surface area contributed by atoms with E-state index in [4.69, 9.17) is 0 Å². The molecule has 2 heterocycles. The van der Waals surface area contributed by atoms with Crippen molar-refractivity contribution in [3.63, 3.8) is 0 Å². The molecule has 1 aliphatic carbocycles. The van der Waals surface area contributed by atoms with Gasteiger partial charge in [-0.2, -0.15) is 0 Å². The van der Waals surface area contributed by atoms with Crippen molar-refractivity contribution in [1.29, 1.82) is 0 Å². The van der Waals surface area contributed by atoms with Crippen LogP contribution in [-0.4, -0.2) is 0 Å². The Labute approximate surface area is 124 Å². The summed E-state index contributed by atoms with van der Waals surface area (Å²) in [7, 11) is 0. The standard InChI is InChI=1S/C18H19NS/c1-11-6-7-16-15(10-11)13-4-3-5-14(13)17(19-16)18-12(2)8-9-20-18/h3-4,6-10,13-14,17,19H,5H2,1-2H3. The molecule has 0 amide bonds. The molecule has 102 valence electrons. The molecule has 2 aromatic rings. The van der Waals surface area contributed by atoms with Crippen LogP contribution in [0.1, 0.15) is 39.9 Å². The van der Waals surface area contributed by atoms with Crippen LogP contribution in [0.2, 0.25) is 0 Å². The second-order valence-corrected chi connectivity index (χ2v) is 6.98. The number of allylic oxidation sites excluding steroid dienone is 2. The van der Waals surface area contributed by atoms with Gasteiger partial charge >= 0.3 is 0 Å². The Hall–Kier alpha value is -1.54. The molecule has 0 fully saturated rings. The van der Waals surface area contributed by atoms with Crippen LogP contribution in [0.25, 0.3) is 0 Å². The van der Waals surface area contributed by atoms with Crippen LogP contribution in [0.5, 0.6) is 0 Å². The van der Waals surface area contributed by atoms with E-state index in [1.54, 1.807) is 0 Å². The van der Waals surface area contributed by atoms with E-state index in [2.05, 4.69) is 61.0 Å². The molecule has 3 atom stereocenters. The van der Waals surface area contributed by atoms with Crippen LogP contribution in [0, 0.1) is 19.8 Å². The fourth-order valence-electron chi connectivity index (χ4n) is 3.68. The third kappa shape index (κ3) is 1.75. The fraction of sp³-hybridized carbons (Fsp3) is 0.333. The predicted octanol–water partition coefficient (Wildman–Crippen LogP) is 5.19. The zero-order chi connectivity index (χ0) is 13.7. The van der Waals surface area contributed by atoms with Gasteiger partial charge in [0.1, 0.15) is 0 Å². The summed E-state index contributed by atoms with van der Waals surface area (Å²) in [5, 5.41) is 6.03. The average molecular weight is 281 g/mol. The second-order valence-electron chi connectivity index (χ2n) is 6.03. The van der Waals surface area contributed by atoms with Crippen LogP contribution < -0.4 is 5.32 Å². The van der Waals surface area contributed by atoms with E-state index in [0.29, 0.717) is 17.9 Å². The molecule has 3 unspecified atom stereocenters. The Kier molecular flexibility index (Phi) is 2.74. The van der Waals surface area contributed by atoms with E-state index in [-0.39, 0.29) is 0 Å². The van der Waals surface area contributed by atoms with Gasteiger partial charge in [0, 0.05) is 16.5 Å². The highest BCUT2D eigenvalue weighted by Crippen LogP contribution is 2.51. The third-order valence-corrected chi connectivity index (χ3v) is 5.80. The van der Waals surface area contributed by atoms with Gasteiger partial charge in [0.05, 0.1) is 6.04 Å². The Balaban J connectivity index is 1.82. The number of hydrogen-bond donors (Lipinski definition) is 1. The van der Waals surface area contributed by atoms with Crippen molar-refractivity contribution >= 4 is 17.0 Å². The van der Waals surface area contributed by atoms with Crippen LogP contribution in [0.3, 0.4) is 0 Å². The Bertz CT molecular complexity index is 682. The number of nitrogens with one attached hydrogen (secondary N) is 1. The van der Waals surface area contributed by atoms with E-state index >= 15 is 0 Å². The fourth-order valence-corrected chi connectivity index (χ4v) is 4.73. The molecule has 4 rings (SSSR count). The van der Waals surface area contributed by atoms with Gasteiger partial charge < -0.3 is 5.32 Å². The van der Waals surface area contributed by atoms with Crippen molar-refractivity contribution in [1.82, 2.24) is 0 Å². The van der Waals surface area contributed by atoms with E-state index < -0.39 is 0 Å². The summed E-state index contributed by atoms with van der Waals surface area (Å²) in [6.07, 6.45) is 5.97. The monoisotopic (exact) mass is 281 g/mol. The molecule has 0 saturated heterocycles. The smallest absolute Gasteiger partial charge is 0.0649 e. The number of anilines is 1. The van der Waals surface area contributed by atoms with Crippen molar-refractivity contribution in [2.24, 2.45) is 5.92 Å². The third-order valence-electron chi connectivity index (χ3n) is 4.70. The lowest BCUT2D eigenvalue weighted by Crippen LogP contribution is -2.28. The predicted molar refractivity (Wildman–Crippen MR) is 86.6 cm³/mol. The number of aryl methyl sites for hydroxylation is 2. The zero-order valence-electron chi connectivity index (χ0n) is 11.9. The molecule has 2 heteroatoms. The molecule has 1 aromatic heterocycles. The van der Waals surface area contributed by atoms with Gasteiger partial charge in [-0.1, -0.05) is 29.8 Å². The minimum absolute atomic E-state index is 0.463. The maximum Gasteiger partial charge on any atom is 0.0649 e. The van der Waals surface area contributed by atoms with Gasteiger partial charge in [0.15, 0.2) is 0 Å². The Morgan fingerprint density at radius 2 is 2.10 bits per heavy atom. The first-order valence-electron chi connectivity index (χ1n) is 7.32. The van der Waals surface area contributed by atoms with Crippen LogP contribution in [-0.2, 0) is 0 Å². The first-order valence-corrected chi connectivity index (χ1v) is 8.20. The summed E-state index contributed by atoms with van der Waals surface area (Å²) in [5.74, 6) is 1.25. The minimum Gasteiger partial charge on any atom is -0.377 e. The normalized spacial score (nSPS) is 27.0. The number of thiophene rings is 1. The van der Waals surface area contributed by atoms with E-state index in [9.17, 15) is 0 Å². The van der Waals surface area contributed by atoms with E-state index in [0.717, 1.165) is 0 Å². The first kappa shape index (κ1) is 12.2. The number of benzene rings is 1. The topological polar surface area (TPSA) is 12.0 Å². The van der Waals surface area contributed by atoms with Crippen molar-refractivity contribution in [2.75, 3.05) is 5.32 Å². The van der Waals surface area contributed by atoms with Gasteiger partial charge in [0.25, 0.3) is 0 Å². The lowest BCUT2D eigenvalue weighted by atomic mass is 9.78. The molecular formula is C18H19NS. The summed E-state index contributed by atoms with van der Waals surface area (Å²) in [4.78, 5) is 1.51. The number of rotatable bonds is 1. The van der Waals surface area contributed by atoms with E-state index in [1.165, 1.54) is 33.7 Å². The van der Waals surface area contributed by atoms with Gasteiger partial charge in [-0.05, 0) is 54.8 Å². The van der Waals surface area contributed by atoms with Crippen molar-refractivity contribution in [3.8, 4) is 0 Å². The van der Waals surface area contributed by atoms with Crippen molar-refractivity contribution in [2.45, 2.75) is 32.2 Å². The van der Waals surface area contributed by atoms with E-state index in [1.807, 2.05) is 11.3 Å². The molecule has 2 aliphatic rings.